The summed E-state index contributed by atoms with van der Waals surface area (Å²) in [6.07, 6.45) is 0.285. The molecule has 26 heavy (non-hydrogen) atoms. The first-order valence-electron chi connectivity index (χ1n) is 7.78. The smallest absolute Gasteiger partial charge is 0.321 e. The molecule has 0 aliphatic carbocycles. The number of carbonyl (C=O) groups excluding carboxylic acids is 1. The fraction of sp³-hybridized carbons (Fsp3) is 0.467. The first kappa shape index (κ1) is 21.5. The van der Waals surface area contributed by atoms with Gasteiger partial charge in [-0.1, -0.05) is 13.0 Å². The van der Waals surface area contributed by atoms with E-state index in [-0.39, 0.29) is 24.4 Å². The molecule has 10 nitrogen and oxygen atoms in total. The first-order chi connectivity index (χ1) is 12.0. The molecule has 0 saturated heterocycles. The van der Waals surface area contributed by atoms with Crippen LogP contribution in [-0.4, -0.2) is 53.8 Å². The summed E-state index contributed by atoms with van der Waals surface area (Å²) in [4.78, 5) is 32.3. The van der Waals surface area contributed by atoms with Crippen LogP contribution in [0, 0.1) is 10.1 Å². The van der Waals surface area contributed by atoms with Crippen molar-refractivity contribution in [3.63, 3.8) is 0 Å². The summed E-state index contributed by atoms with van der Waals surface area (Å²) in [6.45, 7) is 3.73. The van der Waals surface area contributed by atoms with E-state index in [0.717, 1.165) is 6.07 Å². The minimum atomic E-state index is -4.35. The molecule has 0 heterocycles. The minimum Gasteiger partial charge on any atom is -0.480 e. The molecule has 144 valence electrons. The second-order valence-corrected chi connectivity index (χ2v) is 7.37. The second-order valence-electron chi connectivity index (χ2n) is 5.52. The van der Waals surface area contributed by atoms with Gasteiger partial charge in [-0.3, -0.25) is 19.7 Å². The monoisotopic (exact) mass is 387 g/mol. The summed E-state index contributed by atoms with van der Waals surface area (Å²) in [7, 11) is -4.35. The highest BCUT2D eigenvalue weighted by Crippen LogP contribution is 2.27. The number of nitrogens with one attached hydrogen (secondary N) is 1. The number of carboxylic acid groups (broad SMARTS) is 1. The van der Waals surface area contributed by atoms with Crippen molar-refractivity contribution >= 4 is 27.6 Å². The van der Waals surface area contributed by atoms with Gasteiger partial charge >= 0.3 is 5.97 Å². The number of aliphatic carboxylic acids is 1. The summed E-state index contributed by atoms with van der Waals surface area (Å²) >= 11 is 0. The van der Waals surface area contributed by atoms with Crippen molar-refractivity contribution in [2.24, 2.45) is 0 Å². The van der Waals surface area contributed by atoms with Gasteiger partial charge in [0.2, 0.25) is 15.9 Å². The van der Waals surface area contributed by atoms with Gasteiger partial charge in [0.25, 0.3) is 5.69 Å². The maximum atomic E-state index is 13.0. The molecule has 0 saturated carbocycles. The fourth-order valence-electron chi connectivity index (χ4n) is 2.30. The third-order valence-electron chi connectivity index (χ3n) is 3.72. The lowest BCUT2D eigenvalue weighted by Gasteiger charge is -2.26. The molecule has 0 fully saturated rings. The number of amides is 1. The fourth-order valence-corrected chi connectivity index (χ4v) is 4.21. The van der Waals surface area contributed by atoms with E-state index >= 15 is 0 Å². The Bertz CT molecular complexity index is 807. The molecular weight excluding hydrogens is 366 g/mol. The largest absolute Gasteiger partial charge is 0.480 e. The van der Waals surface area contributed by atoms with Gasteiger partial charge in [0.15, 0.2) is 0 Å². The Labute approximate surface area is 151 Å². The SMILES string of the molecule is CCc1ccc([N+](=O)[O-])cc1S(=O)(=O)N(CCNC(C)=O)C(C)C(=O)O. The van der Waals surface area contributed by atoms with E-state index in [1.807, 2.05) is 0 Å². The van der Waals surface area contributed by atoms with E-state index in [2.05, 4.69) is 5.32 Å². The Morgan fingerprint density at radius 1 is 1.38 bits per heavy atom. The van der Waals surface area contributed by atoms with Gasteiger partial charge < -0.3 is 10.4 Å². The van der Waals surface area contributed by atoms with Crippen LogP contribution in [0.3, 0.4) is 0 Å². The molecule has 1 aromatic carbocycles. The van der Waals surface area contributed by atoms with E-state index in [9.17, 15) is 33.2 Å². The molecule has 0 spiro atoms. The van der Waals surface area contributed by atoms with Gasteiger partial charge in [-0.05, 0) is 18.9 Å². The molecule has 11 heteroatoms. The number of nitro groups is 1. The summed E-state index contributed by atoms with van der Waals surface area (Å²) in [5.41, 5.74) is -0.0803. The maximum Gasteiger partial charge on any atom is 0.321 e. The van der Waals surface area contributed by atoms with E-state index in [1.54, 1.807) is 6.92 Å². The van der Waals surface area contributed by atoms with E-state index in [1.165, 1.54) is 26.0 Å². The molecule has 0 radical (unpaired) electrons. The molecule has 1 amide bonds. The number of carboxylic acids is 1. The standard InChI is InChI=1S/C15H21N3O7S/c1-4-12-5-6-13(18(22)23)9-14(12)26(24,25)17(10(2)15(20)21)8-7-16-11(3)19/h5-6,9-10H,4,7-8H2,1-3H3,(H,16,19)(H,20,21). The molecule has 0 aromatic heterocycles. The van der Waals surface area contributed by atoms with Crippen LogP contribution in [0.4, 0.5) is 5.69 Å². The van der Waals surface area contributed by atoms with Crippen LogP contribution in [0.2, 0.25) is 0 Å². The number of benzene rings is 1. The van der Waals surface area contributed by atoms with Crippen LogP contribution < -0.4 is 5.32 Å². The Hall–Kier alpha value is -2.53. The van der Waals surface area contributed by atoms with Crippen LogP contribution in [-0.2, 0) is 26.0 Å². The second kappa shape index (κ2) is 8.72. The molecule has 1 aromatic rings. The quantitative estimate of drug-likeness (QED) is 0.469. The van der Waals surface area contributed by atoms with Crippen LogP contribution >= 0.6 is 0 Å². The predicted molar refractivity (Wildman–Crippen MR) is 92.1 cm³/mol. The van der Waals surface area contributed by atoms with Crippen LogP contribution in [0.1, 0.15) is 26.3 Å². The topological polar surface area (TPSA) is 147 Å². The molecule has 2 N–H and O–H groups in total. The number of sulfonamides is 1. The number of non-ortho nitro benzene ring substituents is 1. The summed E-state index contributed by atoms with van der Waals surface area (Å²) in [5.74, 6) is -1.77. The van der Waals surface area contributed by atoms with Gasteiger partial charge in [0.05, 0.1) is 9.82 Å². The highest BCUT2D eigenvalue weighted by molar-refractivity contribution is 7.89. The van der Waals surface area contributed by atoms with Gasteiger partial charge in [-0.25, -0.2) is 8.42 Å². The highest BCUT2D eigenvalue weighted by Gasteiger charge is 2.34. The van der Waals surface area contributed by atoms with Crippen LogP contribution in [0.25, 0.3) is 0 Å². The Balaban J connectivity index is 3.43. The van der Waals surface area contributed by atoms with Crippen molar-refractivity contribution in [1.29, 1.82) is 0 Å². The number of hydrogen-bond acceptors (Lipinski definition) is 6. The van der Waals surface area contributed by atoms with Crippen molar-refractivity contribution in [3.05, 3.63) is 33.9 Å². The zero-order chi connectivity index (χ0) is 20.1. The number of carbonyl (C=O) groups is 2. The average Bonchev–Trinajstić information content (AvgIpc) is 2.56. The third-order valence-corrected chi connectivity index (χ3v) is 5.78. The van der Waals surface area contributed by atoms with Crippen molar-refractivity contribution < 1.29 is 28.0 Å². The lowest BCUT2D eigenvalue weighted by molar-refractivity contribution is -0.385. The summed E-state index contributed by atoms with van der Waals surface area (Å²) in [5, 5.41) is 22.6. The Morgan fingerprint density at radius 2 is 2.00 bits per heavy atom. The third kappa shape index (κ3) is 4.99. The van der Waals surface area contributed by atoms with E-state index < -0.39 is 38.6 Å². The normalized spacial score (nSPS) is 12.6. The number of rotatable bonds is 9. The lowest BCUT2D eigenvalue weighted by Crippen LogP contribution is -2.46. The van der Waals surface area contributed by atoms with Gasteiger partial charge in [0.1, 0.15) is 6.04 Å². The maximum absolute atomic E-state index is 13.0. The zero-order valence-electron chi connectivity index (χ0n) is 14.6. The Kier molecular flexibility index (Phi) is 7.21. The Morgan fingerprint density at radius 3 is 2.46 bits per heavy atom. The van der Waals surface area contributed by atoms with Crippen LogP contribution in [0.15, 0.2) is 23.1 Å². The molecule has 1 atom stereocenters. The van der Waals surface area contributed by atoms with E-state index in [4.69, 9.17) is 0 Å². The molecule has 0 aliphatic heterocycles. The summed E-state index contributed by atoms with van der Waals surface area (Å²) < 4.78 is 26.8. The minimum absolute atomic E-state index is 0.0947. The molecule has 0 aliphatic rings. The molecular formula is C15H21N3O7S. The molecule has 1 rings (SSSR count). The van der Waals surface area contributed by atoms with Gasteiger partial charge in [-0.15, -0.1) is 0 Å². The lowest BCUT2D eigenvalue weighted by atomic mass is 10.1. The predicted octanol–water partition coefficient (Wildman–Crippen LogP) is 0.757. The molecule has 0 bridgehead atoms. The van der Waals surface area contributed by atoms with Crippen LogP contribution in [0.5, 0.6) is 0 Å². The van der Waals surface area contributed by atoms with Gasteiger partial charge in [-0.2, -0.15) is 4.31 Å². The van der Waals surface area contributed by atoms with Crippen molar-refractivity contribution in [1.82, 2.24) is 9.62 Å². The van der Waals surface area contributed by atoms with Crippen molar-refractivity contribution in [3.8, 4) is 0 Å². The van der Waals surface area contributed by atoms with Crippen molar-refractivity contribution in [2.45, 2.75) is 38.1 Å². The number of nitrogens with zero attached hydrogens (tertiary/aromatic N) is 2. The van der Waals surface area contributed by atoms with E-state index in [0.29, 0.717) is 9.87 Å². The zero-order valence-corrected chi connectivity index (χ0v) is 15.4. The highest BCUT2D eigenvalue weighted by atomic mass is 32.2. The molecule has 1 unspecified atom stereocenters. The first-order valence-corrected chi connectivity index (χ1v) is 9.22. The number of aryl methyl sites for hydroxylation is 1. The average molecular weight is 387 g/mol. The van der Waals surface area contributed by atoms with Gasteiger partial charge in [0, 0.05) is 32.1 Å². The van der Waals surface area contributed by atoms with Crippen molar-refractivity contribution in [2.75, 3.05) is 13.1 Å². The number of hydrogen-bond donors (Lipinski definition) is 2. The number of nitro benzene ring substituents is 1. The summed E-state index contributed by atoms with van der Waals surface area (Å²) in [6, 6.07) is 2.04.